The lowest BCUT2D eigenvalue weighted by molar-refractivity contribution is 0.286. The molecule has 2 aromatic heterocycles. The van der Waals surface area contributed by atoms with E-state index >= 15 is 0 Å². The fourth-order valence-corrected chi connectivity index (χ4v) is 5.49. The number of rotatable bonds is 4. The van der Waals surface area contributed by atoms with Crippen LogP contribution >= 0.6 is 22.9 Å². The van der Waals surface area contributed by atoms with E-state index in [0.717, 1.165) is 23.4 Å². The van der Waals surface area contributed by atoms with Gasteiger partial charge in [-0.1, -0.05) is 17.7 Å². The van der Waals surface area contributed by atoms with Crippen molar-refractivity contribution in [2.45, 2.75) is 23.7 Å². The van der Waals surface area contributed by atoms with Gasteiger partial charge in [0.1, 0.15) is 5.82 Å². The van der Waals surface area contributed by atoms with Gasteiger partial charge >= 0.3 is 0 Å². The van der Waals surface area contributed by atoms with Crippen molar-refractivity contribution < 1.29 is 17.2 Å². The fraction of sp³-hybridized carbons (Fsp3) is 0.294. The van der Waals surface area contributed by atoms with Gasteiger partial charge < -0.3 is 4.42 Å². The SMILES string of the molecule is O=S(=O)(c1ccc(F)c(Cl)c1)N1CCCC(c2nnc(-c3cccs3)o2)C1. The van der Waals surface area contributed by atoms with Gasteiger partial charge in [0.15, 0.2) is 0 Å². The van der Waals surface area contributed by atoms with Gasteiger partial charge in [-0.3, -0.25) is 0 Å². The predicted octanol–water partition coefficient (Wildman–Crippen LogP) is 4.16. The summed E-state index contributed by atoms with van der Waals surface area (Å²) in [4.78, 5) is 0.842. The monoisotopic (exact) mass is 427 g/mol. The number of nitrogens with zero attached hydrogens (tertiary/aromatic N) is 3. The van der Waals surface area contributed by atoms with E-state index in [9.17, 15) is 12.8 Å². The van der Waals surface area contributed by atoms with Gasteiger partial charge in [-0.25, -0.2) is 12.8 Å². The highest BCUT2D eigenvalue weighted by atomic mass is 35.5. The minimum atomic E-state index is -3.78. The first kappa shape index (κ1) is 18.5. The molecule has 142 valence electrons. The Labute approximate surface area is 164 Å². The molecule has 3 heterocycles. The fourth-order valence-electron chi connectivity index (χ4n) is 3.05. The second kappa shape index (κ2) is 7.31. The maximum atomic E-state index is 13.4. The Morgan fingerprint density at radius 3 is 2.89 bits per heavy atom. The van der Waals surface area contributed by atoms with Gasteiger partial charge in [0.2, 0.25) is 15.9 Å². The summed E-state index contributed by atoms with van der Waals surface area (Å²) in [6, 6.07) is 7.20. The standard InChI is InChI=1S/C17H15ClFN3O3S2/c18-13-9-12(5-6-14(13)19)27(23,24)22-7-1-3-11(10-22)16-20-21-17(25-16)15-4-2-8-26-15/h2,4-6,8-9,11H,1,3,7,10H2. The summed E-state index contributed by atoms with van der Waals surface area (Å²) in [5.74, 6) is 0.0190. The van der Waals surface area contributed by atoms with Crippen molar-refractivity contribution in [2.75, 3.05) is 13.1 Å². The minimum absolute atomic E-state index is 0.0284. The summed E-state index contributed by atoms with van der Waals surface area (Å²) in [5.41, 5.74) is 0. The number of hydrogen-bond acceptors (Lipinski definition) is 6. The molecule has 0 N–H and O–H groups in total. The second-order valence-electron chi connectivity index (χ2n) is 6.20. The van der Waals surface area contributed by atoms with Crippen molar-refractivity contribution in [2.24, 2.45) is 0 Å². The number of thiophene rings is 1. The van der Waals surface area contributed by atoms with E-state index in [4.69, 9.17) is 16.0 Å². The van der Waals surface area contributed by atoms with Crippen LogP contribution in [0.1, 0.15) is 24.7 Å². The number of sulfonamides is 1. The maximum absolute atomic E-state index is 13.4. The predicted molar refractivity (Wildman–Crippen MR) is 99.8 cm³/mol. The van der Waals surface area contributed by atoms with E-state index in [1.165, 1.54) is 21.7 Å². The van der Waals surface area contributed by atoms with Crippen LogP contribution in [0.5, 0.6) is 0 Å². The molecule has 3 aromatic rings. The normalized spacial score (nSPS) is 18.7. The smallest absolute Gasteiger partial charge is 0.257 e. The Bertz CT molecular complexity index is 1050. The van der Waals surface area contributed by atoms with Crippen molar-refractivity contribution in [1.29, 1.82) is 0 Å². The summed E-state index contributed by atoms with van der Waals surface area (Å²) < 4.78 is 46.3. The molecule has 1 aliphatic heterocycles. The topological polar surface area (TPSA) is 76.3 Å². The molecule has 1 atom stereocenters. The highest BCUT2D eigenvalue weighted by Crippen LogP contribution is 2.32. The van der Waals surface area contributed by atoms with Crippen LogP contribution in [-0.2, 0) is 10.0 Å². The molecule has 10 heteroatoms. The lowest BCUT2D eigenvalue weighted by atomic mass is 10.00. The number of hydrogen-bond donors (Lipinski definition) is 0. The molecule has 0 amide bonds. The van der Waals surface area contributed by atoms with Gasteiger partial charge in [0.05, 0.1) is 20.7 Å². The molecular weight excluding hydrogens is 413 g/mol. The zero-order valence-electron chi connectivity index (χ0n) is 14.0. The van der Waals surface area contributed by atoms with Gasteiger partial charge in [0.25, 0.3) is 5.89 Å². The number of benzene rings is 1. The van der Waals surface area contributed by atoms with Crippen molar-refractivity contribution in [3.05, 3.63) is 52.4 Å². The third kappa shape index (κ3) is 3.64. The molecule has 0 aliphatic carbocycles. The molecule has 0 spiro atoms. The van der Waals surface area contributed by atoms with E-state index in [1.807, 2.05) is 17.5 Å². The maximum Gasteiger partial charge on any atom is 0.257 e. The van der Waals surface area contributed by atoms with Crippen molar-refractivity contribution >= 4 is 33.0 Å². The lowest BCUT2D eigenvalue weighted by Gasteiger charge is -2.30. The van der Waals surface area contributed by atoms with Gasteiger partial charge in [-0.05, 0) is 42.5 Å². The van der Waals surface area contributed by atoms with Crippen LogP contribution in [0.2, 0.25) is 5.02 Å². The van der Waals surface area contributed by atoms with Crippen LogP contribution in [0.25, 0.3) is 10.8 Å². The average Bonchev–Trinajstić information content (AvgIpc) is 3.35. The Hall–Kier alpha value is -1.81. The van der Waals surface area contributed by atoms with E-state index in [0.29, 0.717) is 24.7 Å². The zero-order valence-corrected chi connectivity index (χ0v) is 16.4. The molecule has 0 bridgehead atoms. The highest BCUT2D eigenvalue weighted by molar-refractivity contribution is 7.89. The molecule has 4 rings (SSSR count). The summed E-state index contributed by atoms with van der Waals surface area (Å²) in [6.07, 6.45) is 1.41. The van der Waals surface area contributed by atoms with E-state index in [-0.39, 0.29) is 22.4 Å². The highest BCUT2D eigenvalue weighted by Gasteiger charge is 2.33. The molecule has 0 radical (unpaired) electrons. The molecular formula is C17H15ClFN3O3S2. The quantitative estimate of drug-likeness (QED) is 0.624. The Balaban J connectivity index is 1.56. The number of halogens is 2. The Kier molecular flexibility index (Phi) is 5.02. The first-order valence-electron chi connectivity index (χ1n) is 8.27. The van der Waals surface area contributed by atoms with Crippen molar-refractivity contribution in [1.82, 2.24) is 14.5 Å². The molecule has 1 saturated heterocycles. The Morgan fingerprint density at radius 2 is 2.15 bits per heavy atom. The third-order valence-corrected chi connectivity index (χ3v) is 7.44. The summed E-state index contributed by atoms with van der Waals surface area (Å²) in [7, 11) is -3.78. The van der Waals surface area contributed by atoms with E-state index < -0.39 is 15.8 Å². The summed E-state index contributed by atoms with van der Waals surface area (Å²) >= 11 is 7.24. The van der Waals surface area contributed by atoms with Crippen LogP contribution in [0.3, 0.4) is 0 Å². The molecule has 1 aromatic carbocycles. The first-order valence-corrected chi connectivity index (χ1v) is 11.0. The zero-order chi connectivity index (χ0) is 19.0. The summed E-state index contributed by atoms with van der Waals surface area (Å²) in [5, 5.41) is 9.87. The van der Waals surface area contributed by atoms with Crippen molar-refractivity contribution in [3.63, 3.8) is 0 Å². The number of piperidine rings is 1. The second-order valence-corrected chi connectivity index (χ2v) is 9.49. The molecule has 27 heavy (non-hydrogen) atoms. The van der Waals surface area contributed by atoms with Crippen LogP contribution in [-0.4, -0.2) is 36.0 Å². The lowest BCUT2D eigenvalue weighted by Crippen LogP contribution is -2.39. The van der Waals surface area contributed by atoms with E-state index in [1.54, 1.807) is 0 Å². The van der Waals surface area contributed by atoms with Gasteiger partial charge in [-0.15, -0.1) is 21.5 Å². The van der Waals surface area contributed by atoms with Crippen LogP contribution in [0, 0.1) is 5.82 Å². The minimum Gasteiger partial charge on any atom is -0.420 e. The first-order chi connectivity index (χ1) is 12.9. The summed E-state index contributed by atoms with van der Waals surface area (Å²) in [6.45, 7) is 0.600. The third-order valence-electron chi connectivity index (χ3n) is 4.43. The van der Waals surface area contributed by atoms with Crippen LogP contribution in [0.15, 0.2) is 45.0 Å². The van der Waals surface area contributed by atoms with Gasteiger partial charge in [-0.2, -0.15) is 4.31 Å². The van der Waals surface area contributed by atoms with Crippen LogP contribution < -0.4 is 0 Å². The molecule has 0 saturated carbocycles. The molecule has 1 unspecified atom stereocenters. The average molecular weight is 428 g/mol. The number of aromatic nitrogens is 2. The largest absolute Gasteiger partial charge is 0.420 e. The van der Waals surface area contributed by atoms with Crippen molar-refractivity contribution in [3.8, 4) is 10.8 Å². The van der Waals surface area contributed by atoms with Crippen LogP contribution in [0.4, 0.5) is 4.39 Å². The molecule has 1 fully saturated rings. The Morgan fingerprint density at radius 1 is 1.30 bits per heavy atom. The molecule has 6 nitrogen and oxygen atoms in total. The van der Waals surface area contributed by atoms with E-state index in [2.05, 4.69) is 10.2 Å². The van der Waals surface area contributed by atoms with Gasteiger partial charge in [0, 0.05) is 13.1 Å². The molecule has 1 aliphatic rings.